The van der Waals surface area contributed by atoms with Gasteiger partial charge in [0.2, 0.25) is 10.0 Å². The van der Waals surface area contributed by atoms with Gasteiger partial charge >= 0.3 is 0 Å². The molecule has 0 radical (unpaired) electrons. The largest absolute Gasteiger partial charge is 0.352 e. The monoisotopic (exact) mass is 231 g/mol. The third-order valence-corrected chi connectivity index (χ3v) is 2.98. The Hall–Kier alpha value is -0.850. The normalized spacial score (nSPS) is 12.3. The highest BCUT2D eigenvalue weighted by Crippen LogP contribution is 2.11. The number of nitrogens with two attached hydrogens (primary N) is 1. The van der Waals surface area contributed by atoms with E-state index in [0.29, 0.717) is 12.6 Å². The smallest absolute Gasteiger partial charge is 0.239 e. The number of hydrogen-bond donors (Lipinski definition) is 2. The highest BCUT2D eigenvalue weighted by atomic mass is 32.2. The van der Waals surface area contributed by atoms with E-state index in [1.165, 1.54) is 6.20 Å². The lowest BCUT2D eigenvalue weighted by Crippen LogP contribution is -2.22. The molecule has 0 aliphatic carbocycles. The van der Waals surface area contributed by atoms with Crippen molar-refractivity contribution in [2.24, 2.45) is 12.2 Å². The highest BCUT2D eigenvalue weighted by molar-refractivity contribution is 7.89. The molecule has 1 aromatic rings. The molecule has 0 unspecified atom stereocenters. The first kappa shape index (κ1) is 12.2. The molecule has 86 valence electrons. The van der Waals surface area contributed by atoms with Crippen LogP contribution in [-0.4, -0.2) is 19.0 Å². The molecule has 0 fully saturated rings. The third-order valence-electron chi connectivity index (χ3n) is 2.10. The minimum absolute atomic E-state index is 0.158. The first-order valence-electron chi connectivity index (χ1n) is 4.72. The molecule has 5 nitrogen and oxygen atoms in total. The predicted octanol–water partition coefficient (Wildman–Crippen LogP) is 0.171. The van der Waals surface area contributed by atoms with Crippen LogP contribution in [0.4, 0.5) is 0 Å². The Kier molecular flexibility index (Phi) is 3.54. The van der Waals surface area contributed by atoms with Crippen molar-refractivity contribution in [2.45, 2.75) is 31.3 Å². The summed E-state index contributed by atoms with van der Waals surface area (Å²) in [4.78, 5) is 0.158. The van der Waals surface area contributed by atoms with Gasteiger partial charge in [0.05, 0.1) is 4.90 Å². The summed E-state index contributed by atoms with van der Waals surface area (Å²) >= 11 is 0. The van der Waals surface area contributed by atoms with E-state index in [9.17, 15) is 8.42 Å². The van der Waals surface area contributed by atoms with E-state index in [0.717, 1.165) is 5.69 Å². The van der Waals surface area contributed by atoms with Crippen molar-refractivity contribution in [3.8, 4) is 0 Å². The summed E-state index contributed by atoms with van der Waals surface area (Å²) in [5, 5.41) is 8.24. The summed E-state index contributed by atoms with van der Waals surface area (Å²) in [5.41, 5.74) is 0.896. The Bertz CT molecular complexity index is 434. The molecule has 0 aromatic carbocycles. The fourth-order valence-electron chi connectivity index (χ4n) is 1.22. The molecule has 15 heavy (non-hydrogen) atoms. The molecule has 6 heteroatoms. The molecular weight excluding hydrogens is 214 g/mol. The second-order valence-electron chi connectivity index (χ2n) is 3.86. The summed E-state index contributed by atoms with van der Waals surface area (Å²) in [6.07, 6.45) is 1.52. The molecule has 0 spiro atoms. The first-order valence-corrected chi connectivity index (χ1v) is 6.27. The van der Waals surface area contributed by atoms with E-state index in [4.69, 9.17) is 5.14 Å². The van der Waals surface area contributed by atoms with Crippen LogP contribution < -0.4 is 10.5 Å². The molecule has 0 atom stereocenters. The SMILES string of the molecule is CC(C)NCc1cc(S(N)(=O)=O)cn1C. The van der Waals surface area contributed by atoms with Gasteiger partial charge in [0.1, 0.15) is 0 Å². The second-order valence-corrected chi connectivity index (χ2v) is 5.42. The molecule has 0 saturated carbocycles. The van der Waals surface area contributed by atoms with Crippen LogP contribution in [-0.2, 0) is 23.6 Å². The lowest BCUT2D eigenvalue weighted by atomic mass is 10.3. The minimum Gasteiger partial charge on any atom is -0.352 e. The van der Waals surface area contributed by atoms with Crippen LogP contribution in [0, 0.1) is 0 Å². The number of hydrogen-bond acceptors (Lipinski definition) is 3. The average molecular weight is 231 g/mol. The molecule has 0 bridgehead atoms. The van der Waals surface area contributed by atoms with E-state index >= 15 is 0 Å². The maximum Gasteiger partial charge on any atom is 0.239 e. The minimum atomic E-state index is -3.59. The summed E-state index contributed by atoms with van der Waals surface area (Å²) < 4.78 is 23.9. The average Bonchev–Trinajstić information content (AvgIpc) is 2.42. The molecular formula is C9H17N3O2S. The number of nitrogens with zero attached hydrogens (tertiary/aromatic N) is 1. The second kappa shape index (κ2) is 4.34. The fraction of sp³-hybridized carbons (Fsp3) is 0.556. The number of rotatable bonds is 4. The van der Waals surface area contributed by atoms with Crippen LogP contribution in [0.3, 0.4) is 0 Å². The number of primary sulfonamides is 1. The van der Waals surface area contributed by atoms with Gasteiger partial charge in [-0.1, -0.05) is 13.8 Å². The predicted molar refractivity (Wildman–Crippen MR) is 58.8 cm³/mol. The zero-order chi connectivity index (χ0) is 11.6. The molecule has 1 heterocycles. The first-order chi connectivity index (χ1) is 6.80. The number of aromatic nitrogens is 1. The number of sulfonamides is 1. The van der Waals surface area contributed by atoms with E-state index in [1.807, 2.05) is 13.8 Å². The van der Waals surface area contributed by atoms with Gasteiger partial charge in [0.15, 0.2) is 0 Å². The molecule has 0 aliphatic rings. The summed E-state index contributed by atoms with van der Waals surface area (Å²) in [7, 11) is -1.79. The molecule has 0 saturated heterocycles. The molecule has 0 aliphatic heterocycles. The van der Waals surface area contributed by atoms with Crippen LogP contribution in [0.2, 0.25) is 0 Å². The van der Waals surface area contributed by atoms with Gasteiger partial charge in [-0.3, -0.25) is 0 Å². The maximum absolute atomic E-state index is 11.1. The van der Waals surface area contributed by atoms with Crippen LogP contribution in [0.25, 0.3) is 0 Å². The van der Waals surface area contributed by atoms with Gasteiger partial charge in [0, 0.05) is 31.5 Å². The Labute approximate surface area is 90.3 Å². The van der Waals surface area contributed by atoms with Crippen molar-refractivity contribution < 1.29 is 8.42 Å². The van der Waals surface area contributed by atoms with Crippen LogP contribution in [0.15, 0.2) is 17.2 Å². The van der Waals surface area contributed by atoms with Crippen molar-refractivity contribution in [1.29, 1.82) is 0 Å². The highest BCUT2D eigenvalue weighted by Gasteiger charge is 2.12. The van der Waals surface area contributed by atoms with Crippen LogP contribution in [0.1, 0.15) is 19.5 Å². The Morgan fingerprint density at radius 3 is 2.53 bits per heavy atom. The van der Waals surface area contributed by atoms with Gasteiger partial charge in [-0.25, -0.2) is 13.6 Å². The quantitative estimate of drug-likeness (QED) is 0.775. The molecule has 3 N–H and O–H groups in total. The molecule has 1 aromatic heterocycles. The van der Waals surface area contributed by atoms with Crippen molar-refractivity contribution >= 4 is 10.0 Å². The van der Waals surface area contributed by atoms with Crippen molar-refractivity contribution in [3.63, 3.8) is 0 Å². The van der Waals surface area contributed by atoms with E-state index in [1.54, 1.807) is 17.7 Å². The third kappa shape index (κ3) is 3.33. The number of aryl methyl sites for hydroxylation is 1. The lowest BCUT2D eigenvalue weighted by molar-refractivity contribution is 0.571. The van der Waals surface area contributed by atoms with E-state index in [2.05, 4.69) is 5.32 Å². The van der Waals surface area contributed by atoms with Gasteiger partial charge in [-0.05, 0) is 6.07 Å². The van der Waals surface area contributed by atoms with Crippen LogP contribution >= 0.6 is 0 Å². The zero-order valence-corrected chi connectivity index (χ0v) is 10.0. The van der Waals surface area contributed by atoms with Crippen LogP contribution in [0.5, 0.6) is 0 Å². The topological polar surface area (TPSA) is 77.1 Å². The van der Waals surface area contributed by atoms with Crippen molar-refractivity contribution in [1.82, 2.24) is 9.88 Å². The molecule has 0 amide bonds. The maximum atomic E-state index is 11.1. The Morgan fingerprint density at radius 1 is 1.53 bits per heavy atom. The summed E-state index contributed by atoms with van der Waals surface area (Å²) in [6, 6.07) is 1.95. The fourth-order valence-corrected chi connectivity index (χ4v) is 1.82. The lowest BCUT2D eigenvalue weighted by Gasteiger charge is -2.08. The van der Waals surface area contributed by atoms with Gasteiger partial charge in [0.25, 0.3) is 0 Å². The van der Waals surface area contributed by atoms with Gasteiger partial charge in [-0.2, -0.15) is 0 Å². The van der Waals surface area contributed by atoms with E-state index in [-0.39, 0.29) is 4.90 Å². The van der Waals surface area contributed by atoms with Crippen molar-refractivity contribution in [3.05, 3.63) is 18.0 Å². The number of nitrogens with one attached hydrogen (secondary N) is 1. The van der Waals surface area contributed by atoms with E-state index < -0.39 is 10.0 Å². The van der Waals surface area contributed by atoms with Gasteiger partial charge < -0.3 is 9.88 Å². The van der Waals surface area contributed by atoms with Crippen molar-refractivity contribution in [2.75, 3.05) is 0 Å². The Balaban J connectivity index is 2.88. The Morgan fingerprint density at radius 2 is 2.13 bits per heavy atom. The summed E-state index contributed by atoms with van der Waals surface area (Å²) in [5.74, 6) is 0. The van der Waals surface area contributed by atoms with Gasteiger partial charge in [-0.15, -0.1) is 0 Å². The standard InChI is InChI=1S/C9H17N3O2S/c1-7(2)11-5-8-4-9(6-12(8)3)15(10,13)14/h4,6-7,11H,5H2,1-3H3,(H2,10,13,14). The summed E-state index contributed by atoms with van der Waals surface area (Å²) in [6.45, 7) is 4.69. The zero-order valence-electron chi connectivity index (χ0n) is 9.19. The molecule has 1 rings (SSSR count).